The molecule has 1 heterocycles. The molecule has 0 bridgehead atoms. The number of aromatic nitrogens is 2. The molecule has 108 valence electrons. The van der Waals surface area contributed by atoms with Crippen LogP contribution in [0.5, 0.6) is 0 Å². The zero-order valence-electron chi connectivity index (χ0n) is 11.1. The van der Waals surface area contributed by atoms with Crippen LogP contribution in [0.25, 0.3) is 10.9 Å². The van der Waals surface area contributed by atoms with Crippen molar-refractivity contribution in [2.75, 3.05) is 4.72 Å². The summed E-state index contributed by atoms with van der Waals surface area (Å²) < 4.78 is 40.5. The van der Waals surface area contributed by atoms with Gasteiger partial charge in [0, 0.05) is 5.39 Å². The van der Waals surface area contributed by atoms with E-state index in [1.54, 1.807) is 31.3 Å². The predicted molar refractivity (Wildman–Crippen MR) is 78.0 cm³/mol. The van der Waals surface area contributed by atoms with Gasteiger partial charge in [-0.1, -0.05) is 6.07 Å². The normalized spacial score (nSPS) is 11.7. The topological polar surface area (TPSA) is 74.8 Å². The second-order valence-corrected chi connectivity index (χ2v) is 6.30. The largest absolute Gasteiger partial charge is 0.279 e. The van der Waals surface area contributed by atoms with Gasteiger partial charge in [0.05, 0.1) is 22.3 Å². The van der Waals surface area contributed by atoms with E-state index in [0.29, 0.717) is 16.6 Å². The average Bonchev–Trinajstić information content (AvgIpc) is 2.87. The lowest BCUT2D eigenvalue weighted by Gasteiger charge is -2.11. The lowest BCUT2D eigenvalue weighted by Crippen LogP contribution is -2.14. The van der Waals surface area contributed by atoms with Gasteiger partial charge in [-0.15, -0.1) is 0 Å². The second-order valence-electron chi connectivity index (χ2n) is 4.65. The van der Waals surface area contributed by atoms with E-state index < -0.39 is 15.8 Å². The van der Waals surface area contributed by atoms with Crippen molar-refractivity contribution in [1.82, 2.24) is 10.2 Å². The molecule has 5 nitrogen and oxygen atoms in total. The van der Waals surface area contributed by atoms with E-state index in [9.17, 15) is 12.8 Å². The summed E-state index contributed by atoms with van der Waals surface area (Å²) in [6.07, 6.45) is 1.55. The molecule has 3 aromatic rings. The minimum absolute atomic E-state index is 0.0457. The molecular formula is C14H12FN3O2S. The minimum atomic E-state index is -3.79. The Kier molecular flexibility index (Phi) is 3.13. The van der Waals surface area contributed by atoms with Crippen LogP contribution in [0.2, 0.25) is 0 Å². The number of nitrogens with one attached hydrogen (secondary N) is 2. The van der Waals surface area contributed by atoms with E-state index in [0.717, 1.165) is 11.6 Å². The number of hydrogen-bond donors (Lipinski definition) is 2. The van der Waals surface area contributed by atoms with Crippen molar-refractivity contribution in [3.05, 3.63) is 54.0 Å². The molecule has 0 unspecified atom stereocenters. The molecule has 0 saturated heterocycles. The number of nitrogens with zero attached hydrogens (tertiary/aromatic N) is 1. The number of aryl methyl sites for hydroxylation is 1. The lowest BCUT2D eigenvalue weighted by molar-refractivity contribution is 0.598. The number of rotatable bonds is 3. The number of hydrogen-bond acceptors (Lipinski definition) is 3. The molecule has 0 saturated carbocycles. The zero-order chi connectivity index (χ0) is 15.0. The van der Waals surface area contributed by atoms with Gasteiger partial charge in [0.1, 0.15) is 5.82 Å². The highest BCUT2D eigenvalue weighted by atomic mass is 32.2. The second kappa shape index (κ2) is 4.85. The molecular weight excluding hydrogens is 293 g/mol. The zero-order valence-corrected chi connectivity index (χ0v) is 11.9. The highest BCUT2D eigenvalue weighted by molar-refractivity contribution is 7.92. The van der Waals surface area contributed by atoms with Crippen LogP contribution in [0, 0.1) is 12.7 Å². The van der Waals surface area contributed by atoms with Crippen molar-refractivity contribution in [2.45, 2.75) is 11.8 Å². The molecule has 1 aromatic heterocycles. The fourth-order valence-corrected chi connectivity index (χ4v) is 3.48. The smallest absolute Gasteiger partial charge is 0.262 e. The van der Waals surface area contributed by atoms with Gasteiger partial charge in [0.25, 0.3) is 10.0 Å². The molecule has 0 radical (unpaired) electrons. The van der Waals surface area contributed by atoms with Crippen molar-refractivity contribution in [1.29, 1.82) is 0 Å². The van der Waals surface area contributed by atoms with Gasteiger partial charge in [0.2, 0.25) is 0 Å². The van der Waals surface area contributed by atoms with Gasteiger partial charge in [-0.05, 0) is 42.8 Å². The van der Waals surface area contributed by atoms with E-state index >= 15 is 0 Å². The maximum absolute atomic E-state index is 13.1. The van der Waals surface area contributed by atoms with Crippen molar-refractivity contribution in [3.8, 4) is 0 Å². The molecule has 0 aliphatic heterocycles. The molecule has 7 heteroatoms. The van der Waals surface area contributed by atoms with Gasteiger partial charge in [-0.3, -0.25) is 9.82 Å². The van der Waals surface area contributed by atoms with E-state index in [-0.39, 0.29) is 4.90 Å². The number of halogens is 1. The van der Waals surface area contributed by atoms with E-state index in [4.69, 9.17) is 0 Å². The fourth-order valence-electron chi connectivity index (χ4n) is 2.17. The van der Waals surface area contributed by atoms with Crippen molar-refractivity contribution >= 4 is 26.6 Å². The molecule has 0 spiro atoms. The Labute approximate surface area is 120 Å². The van der Waals surface area contributed by atoms with Crippen LogP contribution >= 0.6 is 0 Å². The summed E-state index contributed by atoms with van der Waals surface area (Å²) in [5.41, 5.74) is 1.50. The maximum atomic E-state index is 13.1. The standard InChI is InChI=1S/C14H12FN3O2S/c1-9-7-10(15)5-6-14(9)21(19,20)18-13-4-2-3-12-11(13)8-16-17-12/h2-8,18H,1H3,(H,16,17). The first-order chi connectivity index (χ1) is 9.97. The van der Waals surface area contributed by atoms with Gasteiger partial charge < -0.3 is 0 Å². The Hall–Kier alpha value is -2.41. The molecule has 2 aromatic carbocycles. The quantitative estimate of drug-likeness (QED) is 0.781. The van der Waals surface area contributed by atoms with E-state index in [1.807, 2.05) is 0 Å². The Morgan fingerprint density at radius 2 is 2.05 bits per heavy atom. The number of fused-ring (bicyclic) bond motifs is 1. The molecule has 0 fully saturated rings. The maximum Gasteiger partial charge on any atom is 0.262 e. The number of H-pyrrole nitrogens is 1. The van der Waals surface area contributed by atoms with Crippen LogP contribution in [-0.4, -0.2) is 18.6 Å². The monoisotopic (exact) mass is 305 g/mol. The predicted octanol–water partition coefficient (Wildman–Crippen LogP) is 2.81. The van der Waals surface area contributed by atoms with Gasteiger partial charge in [-0.25, -0.2) is 12.8 Å². The van der Waals surface area contributed by atoms with E-state index in [2.05, 4.69) is 14.9 Å². The van der Waals surface area contributed by atoms with Gasteiger partial charge >= 0.3 is 0 Å². The summed E-state index contributed by atoms with van der Waals surface area (Å²) in [6, 6.07) is 8.73. The lowest BCUT2D eigenvalue weighted by atomic mass is 10.2. The van der Waals surface area contributed by atoms with Crippen molar-refractivity contribution in [2.24, 2.45) is 0 Å². The third-order valence-electron chi connectivity index (χ3n) is 3.16. The van der Waals surface area contributed by atoms with E-state index in [1.165, 1.54) is 12.1 Å². The third-order valence-corrected chi connectivity index (χ3v) is 4.68. The highest BCUT2D eigenvalue weighted by Gasteiger charge is 2.18. The molecule has 0 atom stereocenters. The number of anilines is 1. The van der Waals surface area contributed by atoms with Crippen molar-refractivity contribution < 1.29 is 12.8 Å². The molecule has 2 N–H and O–H groups in total. The van der Waals surface area contributed by atoms with Crippen molar-refractivity contribution in [3.63, 3.8) is 0 Å². The third kappa shape index (κ3) is 2.47. The summed E-state index contributed by atoms with van der Waals surface area (Å²) in [5.74, 6) is -0.469. The summed E-state index contributed by atoms with van der Waals surface area (Å²) >= 11 is 0. The first-order valence-corrected chi connectivity index (χ1v) is 7.67. The molecule has 0 aliphatic carbocycles. The van der Waals surface area contributed by atoms with Gasteiger partial charge in [-0.2, -0.15) is 5.10 Å². The Morgan fingerprint density at radius 3 is 2.81 bits per heavy atom. The summed E-state index contributed by atoms with van der Waals surface area (Å²) in [7, 11) is -3.79. The average molecular weight is 305 g/mol. The molecule has 0 aliphatic rings. The van der Waals surface area contributed by atoms with Crippen LogP contribution < -0.4 is 4.72 Å². The van der Waals surface area contributed by atoms with Crippen LogP contribution in [0.15, 0.2) is 47.5 Å². The SMILES string of the molecule is Cc1cc(F)ccc1S(=O)(=O)Nc1cccc2[nH]ncc12. The number of aromatic amines is 1. The fraction of sp³-hybridized carbons (Fsp3) is 0.0714. The molecule has 3 rings (SSSR count). The minimum Gasteiger partial charge on any atom is -0.279 e. The first-order valence-electron chi connectivity index (χ1n) is 6.18. The molecule has 21 heavy (non-hydrogen) atoms. The van der Waals surface area contributed by atoms with Crippen LogP contribution in [-0.2, 0) is 10.0 Å². The summed E-state index contributed by atoms with van der Waals surface area (Å²) in [4.78, 5) is 0.0457. The highest BCUT2D eigenvalue weighted by Crippen LogP contribution is 2.25. The number of benzene rings is 2. The Balaban J connectivity index is 2.05. The van der Waals surface area contributed by atoms with Gasteiger partial charge in [0.15, 0.2) is 0 Å². The Morgan fingerprint density at radius 1 is 1.24 bits per heavy atom. The van der Waals surface area contributed by atoms with Crippen LogP contribution in [0.1, 0.15) is 5.56 Å². The summed E-state index contributed by atoms with van der Waals surface area (Å²) in [5, 5.41) is 7.32. The number of sulfonamides is 1. The first kappa shape index (κ1) is 13.6. The van der Waals surface area contributed by atoms with Crippen LogP contribution in [0.3, 0.4) is 0 Å². The van der Waals surface area contributed by atoms with Crippen LogP contribution in [0.4, 0.5) is 10.1 Å². The Bertz CT molecular complexity index is 919. The summed E-state index contributed by atoms with van der Waals surface area (Å²) in [6.45, 7) is 1.55. The molecule has 0 amide bonds.